The second kappa shape index (κ2) is 4.16. The van der Waals surface area contributed by atoms with E-state index in [-0.39, 0.29) is 5.69 Å². The molecule has 6 heteroatoms. The van der Waals surface area contributed by atoms with Gasteiger partial charge in [-0.1, -0.05) is 0 Å². The fourth-order valence-electron chi connectivity index (χ4n) is 1.99. The molecule has 0 amide bonds. The van der Waals surface area contributed by atoms with Crippen LogP contribution in [0.15, 0.2) is 34.9 Å². The molecule has 0 spiro atoms. The molecule has 0 fully saturated rings. The van der Waals surface area contributed by atoms with Gasteiger partial charge in [0.1, 0.15) is 5.69 Å². The molecule has 19 heavy (non-hydrogen) atoms. The summed E-state index contributed by atoms with van der Waals surface area (Å²) in [6, 6.07) is 6.85. The van der Waals surface area contributed by atoms with Crippen molar-refractivity contribution in [1.29, 1.82) is 0 Å². The number of aromatic carboxylic acids is 1. The third-order valence-corrected chi connectivity index (χ3v) is 2.88. The zero-order valence-electron chi connectivity index (χ0n) is 10.0. The van der Waals surface area contributed by atoms with E-state index in [4.69, 9.17) is 14.3 Å². The van der Waals surface area contributed by atoms with E-state index in [0.717, 1.165) is 10.9 Å². The van der Waals surface area contributed by atoms with Crippen molar-refractivity contribution in [2.45, 2.75) is 0 Å². The van der Waals surface area contributed by atoms with E-state index in [1.54, 1.807) is 25.5 Å². The van der Waals surface area contributed by atoms with Crippen molar-refractivity contribution in [2.75, 3.05) is 7.11 Å². The maximum atomic E-state index is 10.8. The van der Waals surface area contributed by atoms with Gasteiger partial charge in [-0.05, 0) is 24.3 Å². The van der Waals surface area contributed by atoms with Crippen LogP contribution in [0.1, 0.15) is 10.5 Å². The van der Waals surface area contributed by atoms with Gasteiger partial charge in [0.25, 0.3) is 0 Å². The van der Waals surface area contributed by atoms with Crippen LogP contribution in [0.5, 0.6) is 5.75 Å². The number of aromatic nitrogens is 2. The molecule has 3 aromatic rings. The molecule has 0 aliphatic carbocycles. The molecule has 0 aliphatic rings. The number of rotatable bonds is 3. The number of carboxylic acid groups (broad SMARTS) is 1. The Labute approximate surface area is 107 Å². The molecule has 6 nitrogen and oxygen atoms in total. The van der Waals surface area contributed by atoms with E-state index in [9.17, 15) is 4.79 Å². The van der Waals surface area contributed by atoms with E-state index in [0.29, 0.717) is 17.0 Å². The minimum Gasteiger partial charge on any atom is -0.493 e. The van der Waals surface area contributed by atoms with Crippen LogP contribution in [0.4, 0.5) is 0 Å². The van der Waals surface area contributed by atoms with Gasteiger partial charge in [-0.15, -0.1) is 0 Å². The van der Waals surface area contributed by atoms with Gasteiger partial charge in [0.2, 0.25) is 0 Å². The van der Waals surface area contributed by atoms with Crippen molar-refractivity contribution >= 4 is 16.9 Å². The van der Waals surface area contributed by atoms with Gasteiger partial charge >= 0.3 is 5.97 Å². The smallest absolute Gasteiger partial charge is 0.353 e. The Bertz CT molecular complexity index is 757. The first-order chi connectivity index (χ1) is 9.20. The van der Waals surface area contributed by atoms with Crippen molar-refractivity contribution in [3.63, 3.8) is 0 Å². The average Bonchev–Trinajstić information content (AvgIpc) is 3.06. The number of hydrogen-bond donors (Lipinski definition) is 2. The maximum absolute atomic E-state index is 10.8. The number of H-pyrrole nitrogens is 1. The molecule has 2 aromatic heterocycles. The van der Waals surface area contributed by atoms with Crippen LogP contribution >= 0.6 is 0 Å². The number of nitrogens with zero attached hydrogens (tertiary/aromatic N) is 1. The highest BCUT2D eigenvalue weighted by Crippen LogP contribution is 2.34. The molecule has 0 atom stereocenters. The fraction of sp³-hybridized carbons (Fsp3) is 0.0769. The summed E-state index contributed by atoms with van der Waals surface area (Å²) < 4.78 is 10.6. The normalized spacial score (nSPS) is 10.8. The van der Waals surface area contributed by atoms with Crippen molar-refractivity contribution in [2.24, 2.45) is 0 Å². The number of carbonyl (C=O) groups is 1. The molecule has 0 radical (unpaired) electrons. The molecule has 0 unspecified atom stereocenters. The molecule has 0 saturated heterocycles. The Morgan fingerprint density at radius 1 is 1.42 bits per heavy atom. The highest BCUT2D eigenvalue weighted by Gasteiger charge is 2.15. The molecular formula is C13H10N2O4. The van der Waals surface area contributed by atoms with Gasteiger partial charge in [0.15, 0.2) is 11.3 Å². The van der Waals surface area contributed by atoms with Crippen LogP contribution in [0.25, 0.3) is 22.2 Å². The molecular weight excluding hydrogens is 248 g/mol. The number of fused-ring (bicyclic) bond motifs is 1. The van der Waals surface area contributed by atoms with Crippen LogP contribution < -0.4 is 4.74 Å². The lowest BCUT2D eigenvalue weighted by molar-refractivity contribution is 0.0690. The summed E-state index contributed by atoms with van der Waals surface area (Å²) in [7, 11) is 1.56. The van der Waals surface area contributed by atoms with E-state index < -0.39 is 5.97 Å². The highest BCUT2D eigenvalue weighted by atomic mass is 16.5. The van der Waals surface area contributed by atoms with Gasteiger partial charge in [-0.2, -0.15) is 5.10 Å². The van der Waals surface area contributed by atoms with Gasteiger partial charge in [0, 0.05) is 10.9 Å². The first kappa shape index (κ1) is 11.3. The monoisotopic (exact) mass is 258 g/mol. The van der Waals surface area contributed by atoms with E-state index in [2.05, 4.69) is 10.2 Å². The summed E-state index contributed by atoms with van der Waals surface area (Å²) in [5.41, 5.74) is 1.99. The Hall–Kier alpha value is -2.76. The van der Waals surface area contributed by atoms with E-state index >= 15 is 0 Å². The Morgan fingerprint density at radius 3 is 2.95 bits per heavy atom. The predicted molar refractivity (Wildman–Crippen MR) is 67.3 cm³/mol. The topological polar surface area (TPSA) is 88.4 Å². The second-order valence-electron chi connectivity index (χ2n) is 3.95. The minimum atomic E-state index is -1.05. The highest BCUT2D eigenvalue weighted by molar-refractivity contribution is 5.97. The summed E-state index contributed by atoms with van der Waals surface area (Å²) in [6.45, 7) is 0. The summed E-state index contributed by atoms with van der Waals surface area (Å²) in [6.07, 6.45) is 1.56. The van der Waals surface area contributed by atoms with Crippen LogP contribution in [-0.4, -0.2) is 28.4 Å². The average molecular weight is 258 g/mol. The number of benzene rings is 1. The number of aromatic amines is 1. The van der Waals surface area contributed by atoms with Crippen molar-refractivity contribution in [3.8, 4) is 17.0 Å². The van der Waals surface area contributed by atoms with Crippen molar-refractivity contribution in [1.82, 2.24) is 10.2 Å². The standard InChI is InChI=1S/C13H10N2O4/c1-18-11-3-2-7(8-4-5-19-12(8)11)9-6-10(13(16)17)15-14-9/h2-6H,1H3,(H,14,15)(H,16,17). The number of ether oxygens (including phenoxy) is 1. The lowest BCUT2D eigenvalue weighted by Gasteiger charge is -2.03. The maximum Gasteiger partial charge on any atom is 0.353 e. The van der Waals surface area contributed by atoms with Crippen molar-refractivity contribution < 1.29 is 19.1 Å². The van der Waals surface area contributed by atoms with Gasteiger partial charge in [-0.3, -0.25) is 5.10 Å². The summed E-state index contributed by atoms with van der Waals surface area (Å²) >= 11 is 0. The van der Waals surface area contributed by atoms with Crippen LogP contribution in [0.3, 0.4) is 0 Å². The van der Waals surface area contributed by atoms with E-state index in [1.807, 2.05) is 6.07 Å². The zero-order valence-corrected chi connectivity index (χ0v) is 10.0. The summed E-state index contributed by atoms with van der Waals surface area (Å²) in [5.74, 6) is -0.423. The first-order valence-electron chi connectivity index (χ1n) is 5.54. The number of hydrogen-bond acceptors (Lipinski definition) is 4. The van der Waals surface area contributed by atoms with Gasteiger partial charge in [0.05, 0.1) is 19.1 Å². The first-order valence-corrected chi connectivity index (χ1v) is 5.54. The van der Waals surface area contributed by atoms with E-state index in [1.165, 1.54) is 6.07 Å². The van der Waals surface area contributed by atoms with Crippen LogP contribution in [0.2, 0.25) is 0 Å². The molecule has 0 saturated carbocycles. The quantitative estimate of drug-likeness (QED) is 0.753. The lowest BCUT2D eigenvalue weighted by Crippen LogP contribution is -1.95. The summed E-state index contributed by atoms with van der Waals surface area (Å²) in [4.78, 5) is 10.8. The Balaban J connectivity index is 2.19. The number of nitrogens with one attached hydrogen (secondary N) is 1. The van der Waals surface area contributed by atoms with Crippen LogP contribution in [0, 0.1) is 0 Å². The van der Waals surface area contributed by atoms with Crippen LogP contribution in [-0.2, 0) is 0 Å². The van der Waals surface area contributed by atoms with Crippen molar-refractivity contribution in [3.05, 3.63) is 36.2 Å². The number of methoxy groups -OCH3 is 1. The molecule has 96 valence electrons. The Morgan fingerprint density at radius 2 is 2.26 bits per heavy atom. The third-order valence-electron chi connectivity index (χ3n) is 2.88. The van der Waals surface area contributed by atoms with Gasteiger partial charge < -0.3 is 14.3 Å². The third kappa shape index (κ3) is 1.74. The molecule has 1 aromatic carbocycles. The summed E-state index contributed by atoms with van der Waals surface area (Å²) in [5, 5.41) is 16.2. The molecule has 2 N–H and O–H groups in total. The molecule has 2 heterocycles. The SMILES string of the molecule is COc1ccc(-c2cc(C(=O)O)[nH]n2)c2ccoc12. The second-order valence-corrected chi connectivity index (χ2v) is 3.95. The molecule has 0 bridgehead atoms. The predicted octanol–water partition coefficient (Wildman–Crippen LogP) is 2.53. The number of carboxylic acids is 1. The molecule has 0 aliphatic heterocycles. The molecule has 3 rings (SSSR count). The fourth-order valence-corrected chi connectivity index (χ4v) is 1.99. The number of furan rings is 1. The lowest BCUT2D eigenvalue weighted by atomic mass is 10.1. The van der Waals surface area contributed by atoms with Gasteiger partial charge in [-0.25, -0.2) is 4.79 Å². The Kier molecular flexibility index (Phi) is 2.49. The largest absolute Gasteiger partial charge is 0.493 e. The zero-order chi connectivity index (χ0) is 13.4. The minimum absolute atomic E-state index is 0.0439.